The Morgan fingerprint density at radius 3 is 2.75 bits per heavy atom. The zero-order valence-corrected chi connectivity index (χ0v) is 10.8. The summed E-state index contributed by atoms with van der Waals surface area (Å²) < 4.78 is 0. The van der Waals surface area contributed by atoms with Crippen LogP contribution < -0.4 is 10.6 Å². The molecule has 2 N–H and O–H groups in total. The van der Waals surface area contributed by atoms with Gasteiger partial charge in [-0.05, 0) is 24.4 Å². The van der Waals surface area contributed by atoms with Gasteiger partial charge in [-0.15, -0.1) is 0 Å². The Morgan fingerprint density at radius 1 is 1.44 bits per heavy atom. The largest absolute Gasteiger partial charge is 0.331 e. The molecule has 86 valence electrons. The van der Waals surface area contributed by atoms with E-state index in [2.05, 4.69) is 10.6 Å². The standard InChI is InChI=1S/C10H10Cl2N2OS/c1-2-8(15)14-10(16)13-7-5-3-4-6(11)9(7)12/h3-5H,2H2,1H3,(H2,13,14,15,16). The van der Waals surface area contributed by atoms with Crippen molar-refractivity contribution in [2.45, 2.75) is 13.3 Å². The number of carbonyl (C=O) groups excluding carboxylic acids is 1. The van der Waals surface area contributed by atoms with Crippen LogP contribution in [0.25, 0.3) is 0 Å². The SMILES string of the molecule is CCC(=O)NC(=S)Nc1cccc(Cl)c1Cl. The second-order valence-electron chi connectivity index (χ2n) is 2.96. The maximum absolute atomic E-state index is 11.1. The van der Waals surface area contributed by atoms with Crippen molar-refractivity contribution in [3.8, 4) is 0 Å². The lowest BCUT2D eigenvalue weighted by Gasteiger charge is -2.10. The number of carbonyl (C=O) groups is 1. The number of anilines is 1. The Balaban J connectivity index is 2.70. The van der Waals surface area contributed by atoms with E-state index >= 15 is 0 Å². The minimum atomic E-state index is -0.157. The second kappa shape index (κ2) is 6.03. The summed E-state index contributed by atoms with van der Waals surface area (Å²) in [5, 5.41) is 6.31. The van der Waals surface area contributed by atoms with Crippen LogP contribution in [0.5, 0.6) is 0 Å². The molecule has 0 fully saturated rings. The molecule has 0 atom stereocenters. The highest BCUT2D eigenvalue weighted by atomic mass is 35.5. The van der Waals surface area contributed by atoms with Crippen LogP contribution in [0.2, 0.25) is 10.0 Å². The van der Waals surface area contributed by atoms with Crippen molar-refractivity contribution in [3.05, 3.63) is 28.2 Å². The van der Waals surface area contributed by atoms with E-state index in [0.717, 1.165) is 0 Å². The van der Waals surface area contributed by atoms with Crippen molar-refractivity contribution in [1.82, 2.24) is 5.32 Å². The Morgan fingerprint density at radius 2 is 2.12 bits per heavy atom. The zero-order valence-electron chi connectivity index (χ0n) is 8.51. The molecule has 1 aromatic carbocycles. The summed E-state index contributed by atoms with van der Waals surface area (Å²) in [5.41, 5.74) is 0.565. The maximum Gasteiger partial charge on any atom is 0.225 e. The van der Waals surface area contributed by atoms with Gasteiger partial charge < -0.3 is 10.6 Å². The van der Waals surface area contributed by atoms with Gasteiger partial charge in [-0.2, -0.15) is 0 Å². The fourth-order valence-corrected chi connectivity index (χ4v) is 1.54. The van der Waals surface area contributed by atoms with Crippen molar-refractivity contribution >= 4 is 52.1 Å². The first kappa shape index (κ1) is 13.2. The quantitative estimate of drug-likeness (QED) is 0.815. The van der Waals surface area contributed by atoms with Crippen molar-refractivity contribution in [1.29, 1.82) is 0 Å². The van der Waals surface area contributed by atoms with Gasteiger partial charge in [0.2, 0.25) is 5.91 Å². The summed E-state index contributed by atoms with van der Waals surface area (Å²) in [6.45, 7) is 1.74. The van der Waals surface area contributed by atoms with E-state index in [1.807, 2.05) is 0 Å². The van der Waals surface area contributed by atoms with Crippen molar-refractivity contribution in [2.24, 2.45) is 0 Å². The number of halogens is 2. The molecule has 0 aliphatic rings. The first-order chi connectivity index (χ1) is 7.54. The number of amides is 1. The fourth-order valence-electron chi connectivity index (χ4n) is 0.969. The lowest BCUT2D eigenvalue weighted by Crippen LogP contribution is -2.33. The molecule has 0 unspecified atom stereocenters. The first-order valence-electron chi connectivity index (χ1n) is 4.59. The summed E-state index contributed by atoms with van der Waals surface area (Å²) in [5.74, 6) is -0.157. The minimum Gasteiger partial charge on any atom is -0.331 e. The third kappa shape index (κ3) is 3.63. The number of benzene rings is 1. The van der Waals surface area contributed by atoms with Crippen LogP contribution in [0.1, 0.15) is 13.3 Å². The number of thiocarbonyl (C=S) groups is 1. The lowest BCUT2D eigenvalue weighted by atomic mass is 10.3. The van der Waals surface area contributed by atoms with Gasteiger partial charge in [-0.3, -0.25) is 4.79 Å². The third-order valence-electron chi connectivity index (χ3n) is 1.77. The van der Waals surface area contributed by atoms with E-state index in [-0.39, 0.29) is 11.0 Å². The molecule has 0 aromatic heterocycles. The Hall–Kier alpha value is -0.840. The van der Waals surface area contributed by atoms with E-state index in [4.69, 9.17) is 35.4 Å². The predicted octanol–water partition coefficient (Wildman–Crippen LogP) is 3.22. The number of nitrogens with one attached hydrogen (secondary N) is 2. The Kier molecular flexibility index (Phi) is 4.99. The van der Waals surface area contributed by atoms with Crippen molar-refractivity contribution in [2.75, 3.05) is 5.32 Å². The normalized spacial score (nSPS) is 9.69. The smallest absolute Gasteiger partial charge is 0.225 e. The van der Waals surface area contributed by atoms with Gasteiger partial charge in [0.15, 0.2) is 5.11 Å². The van der Waals surface area contributed by atoms with E-state index in [1.165, 1.54) is 0 Å². The molecule has 0 saturated carbocycles. The van der Waals surface area contributed by atoms with Crippen LogP contribution >= 0.6 is 35.4 Å². The molecule has 0 aliphatic heterocycles. The molecular weight excluding hydrogens is 267 g/mol. The average Bonchev–Trinajstić information content (AvgIpc) is 2.24. The highest BCUT2D eigenvalue weighted by Crippen LogP contribution is 2.29. The van der Waals surface area contributed by atoms with Gasteiger partial charge in [-0.25, -0.2) is 0 Å². The first-order valence-corrected chi connectivity index (χ1v) is 5.76. The predicted molar refractivity (Wildman–Crippen MR) is 71.1 cm³/mol. The molecule has 0 radical (unpaired) electrons. The zero-order chi connectivity index (χ0) is 12.1. The van der Waals surface area contributed by atoms with Crippen LogP contribution in [-0.2, 0) is 4.79 Å². The molecule has 1 rings (SSSR count). The van der Waals surface area contributed by atoms with Gasteiger partial charge >= 0.3 is 0 Å². The van der Waals surface area contributed by atoms with Crippen LogP contribution in [0.15, 0.2) is 18.2 Å². The van der Waals surface area contributed by atoms with Crippen LogP contribution in [0.3, 0.4) is 0 Å². The molecule has 1 aromatic rings. The van der Waals surface area contributed by atoms with Gasteiger partial charge in [0.05, 0.1) is 15.7 Å². The van der Waals surface area contributed by atoms with Gasteiger partial charge in [0.25, 0.3) is 0 Å². The highest BCUT2D eigenvalue weighted by Gasteiger charge is 2.07. The summed E-state index contributed by atoms with van der Waals surface area (Å²) in [6.07, 6.45) is 0.366. The fraction of sp³-hybridized carbons (Fsp3) is 0.200. The number of hydrogen-bond acceptors (Lipinski definition) is 2. The van der Waals surface area contributed by atoms with E-state index < -0.39 is 0 Å². The van der Waals surface area contributed by atoms with E-state index in [0.29, 0.717) is 22.2 Å². The summed E-state index contributed by atoms with van der Waals surface area (Å²) in [6, 6.07) is 5.13. The summed E-state index contributed by atoms with van der Waals surface area (Å²) in [7, 11) is 0. The molecule has 6 heteroatoms. The van der Waals surface area contributed by atoms with E-state index in [1.54, 1.807) is 25.1 Å². The van der Waals surface area contributed by atoms with Crippen LogP contribution in [-0.4, -0.2) is 11.0 Å². The third-order valence-corrected chi connectivity index (χ3v) is 2.80. The van der Waals surface area contributed by atoms with Crippen molar-refractivity contribution in [3.63, 3.8) is 0 Å². The van der Waals surface area contributed by atoms with Crippen LogP contribution in [0.4, 0.5) is 5.69 Å². The van der Waals surface area contributed by atoms with Gasteiger partial charge in [0, 0.05) is 6.42 Å². The molecule has 16 heavy (non-hydrogen) atoms. The maximum atomic E-state index is 11.1. The molecule has 0 spiro atoms. The number of rotatable bonds is 2. The molecule has 0 aliphatic carbocycles. The molecule has 3 nitrogen and oxygen atoms in total. The monoisotopic (exact) mass is 276 g/mol. The molecule has 0 heterocycles. The summed E-state index contributed by atoms with van der Waals surface area (Å²) >= 11 is 16.7. The molecule has 0 saturated heterocycles. The summed E-state index contributed by atoms with van der Waals surface area (Å²) in [4.78, 5) is 11.1. The van der Waals surface area contributed by atoms with Gasteiger partial charge in [0.1, 0.15) is 0 Å². The molecular formula is C10H10Cl2N2OS. The number of hydrogen-bond donors (Lipinski definition) is 2. The minimum absolute atomic E-state index is 0.157. The highest BCUT2D eigenvalue weighted by molar-refractivity contribution is 7.80. The second-order valence-corrected chi connectivity index (χ2v) is 4.15. The van der Waals surface area contributed by atoms with Crippen molar-refractivity contribution < 1.29 is 4.79 Å². The van der Waals surface area contributed by atoms with Gasteiger partial charge in [-0.1, -0.05) is 36.2 Å². The van der Waals surface area contributed by atoms with E-state index in [9.17, 15) is 4.79 Å². The molecule has 1 amide bonds. The topological polar surface area (TPSA) is 41.1 Å². The average molecular weight is 277 g/mol. The lowest BCUT2D eigenvalue weighted by molar-refractivity contribution is -0.119. The Labute approximate surface area is 109 Å². The molecule has 0 bridgehead atoms. The van der Waals surface area contributed by atoms with Crippen LogP contribution in [0, 0.1) is 0 Å². The Bertz CT molecular complexity index is 423.